The largest absolute Gasteiger partial charge is 0.305 e. The van der Waals surface area contributed by atoms with Gasteiger partial charge in [0.2, 0.25) is 0 Å². The van der Waals surface area contributed by atoms with Gasteiger partial charge in [0, 0.05) is 17.6 Å². The quantitative estimate of drug-likeness (QED) is 0.363. The fraction of sp³-hybridized carbons (Fsp3) is 0.130. The number of nitrogens with zero attached hydrogens (tertiary/aromatic N) is 3. The SMILES string of the molecule is Cc1cccc(-c2nnc(S[C@@H](c3ccccc3)c3ccc(Cl)cc3)n2C)c1. The van der Waals surface area contributed by atoms with Crippen molar-refractivity contribution in [2.24, 2.45) is 7.05 Å². The summed E-state index contributed by atoms with van der Waals surface area (Å²) in [6.07, 6.45) is 0. The molecule has 5 heteroatoms. The lowest BCUT2D eigenvalue weighted by atomic mass is 10.0. The van der Waals surface area contributed by atoms with Crippen molar-refractivity contribution in [3.05, 3.63) is 101 Å². The maximum atomic E-state index is 6.10. The molecule has 4 rings (SSSR count). The molecule has 0 aliphatic heterocycles. The second-order valence-electron chi connectivity index (χ2n) is 6.69. The summed E-state index contributed by atoms with van der Waals surface area (Å²) in [5.74, 6) is 0.870. The van der Waals surface area contributed by atoms with Gasteiger partial charge >= 0.3 is 0 Å². The van der Waals surface area contributed by atoms with Gasteiger partial charge in [-0.15, -0.1) is 10.2 Å². The number of hydrogen-bond acceptors (Lipinski definition) is 3. The Kier molecular flexibility index (Phi) is 5.51. The van der Waals surface area contributed by atoms with E-state index in [2.05, 4.69) is 76.3 Å². The standard InChI is InChI=1S/C23H20ClN3S/c1-16-7-6-10-19(15-16)22-25-26-23(27(22)2)28-21(17-8-4-3-5-9-17)18-11-13-20(24)14-12-18/h3-15,21H,1-2H3/t21-/m0/s1. The lowest BCUT2D eigenvalue weighted by Gasteiger charge is -2.17. The van der Waals surface area contributed by atoms with Gasteiger partial charge in [-0.2, -0.15) is 0 Å². The van der Waals surface area contributed by atoms with E-state index in [-0.39, 0.29) is 5.25 Å². The third kappa shape index (κ3) is 3.98. The van der Waals surface area contributed by atoms with Crippen molar-refractivity contribution in [2.45, 2.75) is 17.3 Å². The van der Waals surface area contributed by atoms with Gasteiger partial charge in [0.25, 0.3) is 0 Å². The van der Waals surface area contributed by atoms with Gasteiger partial charge < -0.3 is 4.57 Å². The number of aromatic nitrogens is 3. The second-order valence-corrected chi connectivity index (χ2v) is 8.20. The summed E-state index contributed by atoms with van der Waals surface area (Å²) in [4.78, 5) is 0. The van der Waals surface area contributed by atoms with E-state index in [0.717, 1.165) is 21.6 Å². The van der Waals surface area contributed by atoms with Crippen molar-refractivity contribution < 1.29 is 0 Å². The van der Waals surface area contributed by atoms with Crippen LogP contribution in [0.15, 0.2) is 84.0 Å². The highest BCUT2D eigenvalue weighted by molar-refractivity contribution is 7.99. The van der Waals surface area contributed by atoms with Crippen LogP contribution in [0.2, 0.25) is 5.02 Å². The highest BCUT2D eigenvalue weighted by Crippen LogP contribution is 2.40. The molecule has 0 unspecified atom stereocenters. The Morgan fingerprint density at radius 1 is 0.857 bits per heavy atom. The Morgan fingerprint density at radius 3 is 2.29 bits per heavy atom. The molecule has 0 saturated carbocycles. The summed E-state index contributed by atoms with van der Waals surface area (Å²) in [5.41, 5.74) is 4.68. The molecule has 0 aliphatic carbocycles. The monoisotopic (exact) mass is 405 g/mol. The Balaban J connectivity index is 1.71. The van der Waals surface area contributed by atoms with Crippen molar-refractivity contribution in [1.82, 2.24) is 14.8 Å². The van der Waals surface area contributed by atoms with E-state index in [1.807, 2.05) is 31.3 Å². The van der Waals surface area contributed by atoms with Gasteiger partial charge in [0.15, 0.2) is 11.0 Å². The van der Waals surface area contributed by atoms with Crippen LogP contribution in [0.1, 0.15) is 21.9 Å². The summed E-state index contributed by atoms with van der Waals surface area (Å²) in [7, 11) is 2.02. The van der Waals surface area contributed by atoms with Crippen LogP contribution in [0.25, 0.3) is 11.4 Å². The van der Waals surface area contributed by atoms with Crippen molar-refractivity contribution in [2.75, 3.05) is 0 Å². The van der Waals surface area contributed by atoms with Crippen LogP contribution in [0.3, 0.4) is 0 Å². The third-order valence-corrected chi connectivity index (χ3v) is 6.21. The molecule has 4 aromatic rings. The zero-order valence-electron chi connectivity index (χ0n) is 15.7. The predicted molar refractivity (Wildman–Crippen MR) is 117 cm³/mol. The first kappa shape index (κ1) is 18.8. The minimum absolute atomic E-state index is 0.103. The lowest BCUT2D eigenvalue weighted by molar-refractivity contribution is 0.791. The average molecular weight is 406 g/mol. The van der Waals surface area contributed by atoms with Gasteiger partial charge in [-0.3, -0.25) is 0 Å². The normalized spacial score (nSPS) is 12.1. The van der Waals surface area contributed by atoms with E-state index < -0.39 is 0 Å². The average Bonchev–Trinajstić information content (AvgIpc) is 3.08. The molecule has 0 bridgehead atoms. The topological polar surface area (TPSA) is 30.7 Å². The number of halogens is 1. The van der Waals surface area contributed by atoms with Crippen LogP contribution in [0, 0.1) is 6.92 Å². The van der Waals surface area contributed by atoms with Gasteiger partial charge in [-0.05, 0) is 36.2 Å². The highest BCUT2D eigenvalue weighted by Gasteiger charge is 2.20. The van der Waals surface area contributed by atoms with Crippen LogP contribution in [-0.2, 0) is 7.05 Å². The molecule has 3 aromatic carbocycles. The third-order valence-electron chi connectivity index (χ3n) is 4.61. The first-order chi connectivity index (χ1) is 13.6. The molecule has 0 saturated heterocycles. The van der Waals surface area contributed by atoms with Crippen LogP contribution in [0.5, 0.6) is 0 Å². The molecule has 140 valence electrons. The van der Waals surface area contributed by atoms with Crippen LogP contribution in [-0.4, -0.2) is 14.8 Å². The highest BCUT2D eigenvalue weighted by atomic mass is 35.5. The fourth-order valence-electron chi connectivity index (χ4n) is 3.15. The summed E-state index contributed by atoms with van der Waals surface area (Å²) >= 11 is 7.79. The van der Waals surface area contributed by atoms with E-state index in [1.165, 1.54) is 16.7 Å². The molecule has 3 nitrogen and oxygen atoms in total. The molecule has 1 aromatic heterocycles. The van der Waals surface area contributed by atoms with Crippen LogP contribution < -0.4 is 0 Å². The Morgan fingerprint density at radius 2 is 1.57 bits per heavy atom. The van der Waals surface area contributed by atoms with Crippen LogP contribution in [0.4, 0.5) is 0 Å². The molecule has 0 radical (unpaired) electrons. The van der Waals surface area contributed by atoms with E-state index in [9.17, 15) is 0 Å². The molecule has 1 heterocycles. The smallest absolute Gasteiger partial charge is 0.192 e. The Labute approximate surface area is 174 Å². The molecule has 0 N–H and O–H groups in total. The van der Waals surface area contributed by atoms with E-state index in [0.29, 0.717) is 0 Å². The zero-order chi connectivity index (χ0) is 19.5. The minimum Gasteiger partial charge on any atom is -0.305 e. The summed E-state index contributed by atoms with van der Waals surface area (Å²) < 4.78 is 2.06. The van der Waals surface area contributed by atoms with Gasteiger partial charge in [0.05, 0.1) is 5.25 Å². The number of aryl methyl sites for hydroxylation is 1. The maximum Gasteiger partial charge on any atom is 0.192 e. The predicted octanol–water partition coefficient (Wildman–Crippen LogP) is 6.33. The molecule has 0 spiro atoms. The summed E-state index contributed by atoms with van der Waals surface area (Å²) in [6, 6.07) is 26.8. The Hall–Kier alpha value is -2.56. The first-order valence-electron chi connectivity index (χ1n) is 9.05. The number of rotatable bonds is 5. The molecule has 28 heavy (non-hydrogen) atoms. The number of hydrogen-bond donors (Lipinski definition) is 0. The first-order valence-corrected chi connectivity index (χ1v) is 10.3. The van der Waals surface area contributed by atoms with Crippen molar-refractivity contribution in [1.29, 1.82) is 0 Å². The molecular formula is C23H20ClN3S. The number of thioether (sulfide) groups is 1. The zero-order valence-corrected chi connectivity index (χ0v) is 17.3. The van der Waals surface area contributed by atoms with Crippen LogP contribution >= 0.6 is 23.4 Å². The fourth-order valence-corrected chi connectivity index (χ4v) is 4.41. The molecular weight excluding hydrogens is 386 g/mol. The van der Waals surface area contributed by atoms with E-state index in [1.54, 1.807) is 11.8 Å². The van der Waals surface area contributed by atoms with Gasteiger partial charge in [0.1, 0.15) is 0 Å². The molecule has 0 fully saturated rings. The maximum absolute atomic E-state index is 6.10. The molecule has 0 aliphatic rings. The lowest BCUT2D eigenvalue weighted by Crippen LogP contribution is -2.00. The summed E-state index contributed by atoms with van der Waals surface area (Å²) in [6.45, 7) is 2.08. The summed E-state index contributed by atoms with van der Waals surface area (Å²) in [5, 5.41) is 10.6. The second kappa shape index (κ2) is 8.21. The minimum atomic E-state index is 0.103. The van der Waals surface area contributed by atoms with Gasteiger partial charge in [-0.25, -0.2) is 0 Å². The van der Waals surface area contributed by atoms with Crippen molar-refractivity contribution in [3.8, 4) is 11.4 Å². The molecule has 1 atom stereocenters. The van der Waals surface area contributed by atoms with E-state index in [4.69, 9.17) is 11.6 Å². The van der Waals surface area contributed by atoms with Gasteiger partial charge in [-0.1, -0.05) is 89.6 Å². The van der Waals surface area contributed by atoms with E-state index >= 15 is 0 Å². The Bertz CT molecular complexity index is 1070. The van der Waals surface area contributed by atoms with Crippen molar-refractivity contribution >= 4 is 23.4 Å². The number of benzene rings is 3. The molecule has 0 amide bonds. The van der Waals surface area contributed by atoms with Crippen molar-refractivity contribution in [3.63, 3.8) is 0 Å².